The summed E-state index contributed by atoms with van der Waals surface area (Å²) in [5, 5.41) is 3.49. The zero-order valence-corrected chi connectivity index (χ0v) is 17.2. The molecule has 0 atom stereocenters. The summed E-state index contributed by atoms with van der Waals surface area (Å²) in [6, 6.07) is 5.19. The van der Waals surface area contributed by atoms with E-state index in [1.807, 2.05) is 6.92 Å². The summed E-state index contributed by atoms with van der Waals surface area (Å²) in [6.45, 7) is 2.85. The van der Waals surface area contributed by atoms with Crippen LogP contribution in [0.1, 0.15) is 50.5 Å². The predicted molar refractivity (Wildman–Crippen MR) is 107 cm³/mol. The first-order valence-electron chi connectivity index (χ1n) is 9.28. The molecule has 1 aromatic rings. The number of nitrogens with one attached hydrogen (secondary N) is 1. The van der Waals surface area contributed by atoms with E-state index in [9.17, 15) is 13.2 Å². The molecule has 0 radical (unpaired) electrons. The zero-order valence-electron chi connectivity index (χ0n) is 15.6. The van der Waals surface area contributed by atoms with E-state index in [1.54, 1.807) is 18.2 Å². The normalized spacial score (nSPS) is 15.7. The second kappa shape index (κ2) is 9.60. The Morgan fingerprint density at radius 2 is 1.96 bits per heavy atom. The van der Waals surface area contributed by atoms with Gasteiger partial charge in [0.25, 0.3) is 0 Å². The lowest BCUT2D eigenvalue weighted by Crippen LogP contribution is -2.33. The van der Waals surface area contributed by atoms with E-state index >= 15 is 0 Å². The van der Waals surface area contributed by atoms with Crippen molar-refractivity contribution in [1.82, 2.24) is 5.32 Å². The number of anilines is 1. The molecule has 0 saturated heterocycles. The minimum absolute atomic E-state index is 0.00756. The molecule has 1 aromatic carbocycles. The maximum Gasteiger partial charge on any atom is 0.232 e. The number of halogens is 1. The van der Waals surface area contributed by atoms with Gasteiger partial charge >= 0.3 is 0 Å². The van der Waals surface area contributed by atoms with E-state index < -0.39 is 10.0 Å². The van der Waals surface area contributed by atoms with E-state index in [0.717, 1.165) is 12.1 Å². The molecule has 2 rings (SSSR count). The molecule has 1 N–H and O–H groups in total. The molecule has 1 saturated carbocycles. The lowest BCUT2D eigenvalue weighted by atomic mass is 9.89. The summed E-state index contributed by atoms with van der Waals surface area (Å²) in [5.74, 6) is 0.584. The molecule has 0 aromatic heterocycles. The first-order valence-corrected chi connectivity index (χ1v) is 11.5. The number of aryl methyl sites for hydroxylation is 1. The lowest BCUT2D eigenvalue weighted by molar-refractivity contribution is -0.121. The fraction of sp³-hybridized carbons (Fsp3) is 0.632. The minimum Gasteiger partial charge on any atom is -0.356 e. The molecule has 7 heteroatoms. The van der Waals surface area contributed by atoms with Crippen LogP contribution in [0.15, 0.2) is 18.2 Å². The SMILES string of the molecule is Cc1ccc(Cl)cc1N(CCCC(=O)NCC1CCCCC1)S(C)(=O)=O. The summed E-state index contributed by atoms with van der Waals surface area (Å²) in [7, 11) is -3.44. The molecule has 1 fully saturated rings. The standard InChI is InChI=1S/C19H29ClN2O3S/c1-15-10-11-17(20)13-18(15)22(26(2,24)25)12-6-9-19(23)21-14-16-7-4-3-5-8-16/h10-11,13,16H,3-9,12,14H2,1-2H3,(H,21,23). The van der Waals surface area contributed by atoms with Gasteiger partial charge in [-0.25, -0.2) is 8.42 Å². The quantitative estimate of drug-likeness (QED) is 0.719. The number of carbonyl (C=O) groups is 1. The van der Waals surface area contributed by atoms with Gasteiger partial charge < -0.3 is 5.32 Å². The molecule has 0 bridgehead atoms. The average Bonchev–Trinajstić information content (AvgIpc) is 2.59. The highest BCUT2D eigenvalue weighted by Gasteiger charge is 2.20. The smallest absolute Gasteiger partial charge is 0.232 e. The Hall–Kier alpha value is -1.27. The second-order valence-electron chi connectivity index (χ2n) is 7.18. The van der Waals surface area contributed by atoms with Crippen molar-refractivity contribution in [3.8, 4) is 0 Å². The Morgan fingerprint density at radius 3 is 2.62 bits per heavy atom. The van der Waals surface area contributed by atoms with Gasteiger partial charge in [0.1, 0.15) is 0 Å². The number of hydrogen-bond donors (Lipinski definition) is 1. The molecule has 146 valence electrons. The van der Waals surface area contributed by atoms with Gasteiger partial charge in [-0.05, 0) is 49.8 Å². The van der Waals surface area contributed by atoms with Gasteiger partial charge in [0.2, 0.25) is 15.9 Å². The van der Waals surface area contributed by atoms with E-state index in [0.29, 0.717) is 29.5 Å². The summed E-state index contributed by atoms with van der Waals surface area (Å²) < 4.78 is 25.7. The van der Waals surface area contributed by atoms with Crippen molar-refractivity contribution < 1.29 is 13.2 Å². The minimum atomic E-state index is -3.44. The molecule has 0 heterocycles. The van der Waals surface area contributed by atoms with Crippen LogP contribution >= 0.6 is 11.6 Å². The average molecular weight is 401 g/mol. The number of amides is 1. The van der Waals surface area contributed by atoms with E-state index in [2.05, 4.69) is 5.32 Å². The number of nitrogens with zero attached hydrogens (tertiary/aromatic N) is 1. The van der Waals surface area contributed by atoms with Crippen molar-refractivity contribution in [2.75, 3.05) is 23.7 Å². The monoisotopic (exact) mass is 400 g/mol. The molecular formula is C19H29ClN2O3S. The van der Waals surface area contributed by atoms with Gasteiger partial charge in [-0.15, -0.1) is 0 Å². The Kier molecular flexibility index (Phi) is 7.77. The second-order valence-corrected chi connectivity index (χ2v) is 9.52. The van der Waals surface area contributed by atoms with Crippen LogP contribution in [-0.2, 0) is 14.8 Å². The Morgan fingerprint density at radius 1 is 1.27 bits per heavy atom. The fourth-order valence-electron chi connectivity index (χ4n) is 3.44. The first kappa shape index (κ1) is 21.0. The van der Waals surface area contributed by atoms with Gasteiger partial charge in [-0.3, -0.25) is 9.10 Å². The van der Waals surface area contributed by atoms with E-state index in [4.69, 9.17) is 11.6 Å². The van der Waals surface area contributed by atoms with Crippen LogP contribution in [0, 0.1) is 12.8 Å². The zero-order chi connectivity index (χ0) is 19.2. The highest BCUT2D eigenvalue weighted by atomic mass is 35.5. The van der Waals surface area contributed by atoms with Crippen LogP contribution in [0.4, 0.5) is 5.69 Å². The summed E-state index contributed by atoms with van der Waals surface area (Å²) in [6.07, 6.45) is 8.15. The third kappa shape index (κ3) is 6.47. The number of hydrogen-bond acceptors (Lipinski definition) is 3. The maximum atomic E-state index is 12.2. The van der Waals surface area contributed by atoms with Gasteiger partial charge in [-0.2, -0.15) is 0 Å². The number of sulfonamides is 1. The van der Waals surface area contributed by atoms with Crippen molar-refractivity contribution in [2.24, 2.45) is 5.92 Å². The topological polar surface area (TPSA) is 66.5 Å². The molecule has 0 aliphatic heterocycles. The molecule has 26 heavy (non-hydrogen) atoms. The lowest BCUT2D eigenvalue weighted by Gasteiger charge is -2.24. The van der Waals surface area contributed by atoms with Crippen molar-refractivity contribution in [1.29, 1.82) is 0 Å². The molecule has 1 aliphatic rings. The van der Waals surface area contributed by atoms with E-state index in [-0.39, 0.29) is 12.5 Å². The molecule has 1 aliphatic carbocycles. The van der Waals surface area contributed by atoms with Crippen LogP contribution in [0.3, 0.4) is 0 Å². The van der Waals surface area contributed by atoms with Crippen LogP contribution in [0.25, 0.3) is 0 Å². The largest absolute Gasteiger partial charge is 0.356 e. The van der Waals surface area contributed by atoms with Gasteiger partial charge in [0, 0.05) is 24.5 Å². The molecular weight excluding hydrogens is 372 g/mol. The highest BCUT2D eigenvalue weighted by Crippen LogP contribution is 2.26. The van der Waals surface area contributed by atoms with Crippen molar-refractivity contribution >= 4 is 33.2 Å². The van der Waals surface area contributed by atoms with Crippen LogP contribution in [0.5, 0.6) is 0 Å². The fourth-order valence-corrected chi connectivity index (χ4v) is 4.62. The summed E-state index contributed by atoms with van der Waals surface area (Å²) >= 11 is 6.02. The van der Waals surface area contributed by atoms with Gasteiger partial charge in [0.05, 0.1) is 11.9 Å². The number of carbonyl (C=O) groups excluding carboxylic acids is 1. The Bertz CT molecular complexity index is 715. The van der Waals surface area contributed by atoms with Gasteiger partial charge in [-0.1, -0.05) is 36.9 Å². The summed E-state index contributed by atoms with van der Waals surface area (Å²) in [5.41, 5.74) is 1.41. The molecule has 0 spiro atoms. The highest BCUT2D eigenvalue weighted by molar-refractivity contribution is 7.92. The third-order valence-corrected chi connectivity index (χ3v) is 6.33. The van der Waals surface area contributed by atoms with E-state index in [1.165, 1.54) is 42.7 Å². The molecule has 0 unspecified atom stereocenters. The van der Waals surface area contributed by atoms with Crippen molar-refractivity contribution in [2.45, 2.75) is 51.9 Å². The van der Waals surface area contributed by atoms with Crippen LogP contribution in [0.2, 0.25) is 5.02 Å². The van der Waals surface area contributed by atoms with Gasteiger partial charge in [0.15, 0.2) is 0 Å². The van der Waals surface area contributed by atoms with Crippen molar-refractivity contribution in [3.05, 3.63) is 28.8 Å². The Labute approximate surface area is 162 Å². The third-order valence-electron chi connectivity index (χ3n) is 4.92. The van der Waals surface area contributed by atoms with Crippen molar-refractivity contribution in [3.63, 3.8) is 0 Å². The van der Waals surface area contributed by atoms with Crippen LogP contribution in [-0.4, -0.2) is 33.7 Å². The molecule has 1 amide bonds. The first-order chi connectivity index (χ1) is 12.3. The summed E-state index contributed by atoms with van der Waals surface area (Å²) in [4.78, 5) is 12.1. The maximum absolute atomic E-state index is 12.2. The Balaban J connectivity index is 1.87. The predicted octanol–water partition coefficient (Wildman–Crippen LogP) is 3.89. The van der Waals surface area contributed by atoms with Crippen LogP contribution < -0.4 is 9.62 Å². The molecule has 5 nitrogen and oxygen atoms in total. The number of benzene rings is 1. The number of rotatable bonds is 8.